The Morgan fingerprint density at radius 3 is 1.85 bits per heavy atom. The highest BCUT2D eigenvalue weighted by molar-refractivity contribution is 8.06. The minimum absolute atomic E-state index is 0.0562. The van der Waals surface area contributed by atoms with Gasteiger partial charge in [-0.1, -0.05) is 38.8 Å². The maximum atomic E-state index is 12.5. The van der Waals surface area contributed by atoms with Crippen LogP contribution in [0.5, 0.6) is 0 Å². The number of nitrogens with one attached hydrogen (secondary N) is 2. The molecule has 27 heavy (non-hydrogen) atoms. The predicted molar refractivity (Wildman–Crippen MR) is 101 cm³/mol. The first kappa shape index (κ1) is 21.8. The number of nitrogens with zero attached hydrogens (tertiary/aromatic N) is 1. The van der Waals surface area contributed by atoms with Crippen LogP contribution in [0.15, 0.2) is 34.1 Å². The molecule has 0 saturated heterocycles. The highest BCUT2D eigenvalue weighted by atomic mass is 32.3. The summed E-state index contributed by atoms with van der Waals surface area (Å²) in [6.45, 7) is 6.62. The van der Waals surface area contributed by atoms with E-state index in [1.165, 1.54) is 29.2 Å². The fraction of sp³-hybridized carbons (Fsp3) is 0.588. The molecule has 2 N–H and O–H groups in total. The van der Waals surface area contributed by atoms with Crippen molar-refractivity contribution in [3.8, 4) is 0 Å². The quantitative estimate of drug-likeness (QED) is 0.568. The van der Waals surface area contributed by atoms with Crippen LogP contribution in [0.25, 0.3) is 0 Å². The second kappa shape index (κ2) is 9.13. The molecule has 1 heterocycles. The number of sulfonamides is 2. The maximum Gasteiger partial charge on any atom is 0.275 e. The van der Waals surface area contributed by atoms with E-state index in [1.54, 1.807) is 0 Å². The van der Waals surface area contributed by atoms with Crippen molar-refractivity contribution >= 4 is 26.0 Å². The standard InChI is InChI=1S/C17H27N3O5S2/c1-3-5-12-19(13-6-4-2)14-11-17(21)18-20-26(22,23)15-9-7-8-10-16(15)27(20,24)25/h7-10H,3-6,11-14H2,1-2H3,(H,18,21)/p+1. The molecule has 0 atom stereocenters. The number of amides is 1. The van der Waals surface area contributed by atoms with Gasteiger partial charge in [0.2, 0.25) is 5.91 Å². The number of rotatable bonds is 10. The Morgan fingerprint density at radius 2 is 1.41 bits per heavy atom. The molecule has 2 rings (SSSR count). The fourth-order valence-corrected chi connectivity index (χ4v) is 7.08. The van der Waals surface area contributed by atoms with E-state index in [0.717, 1.165) is 38.8 Å². The number of unbranched alkanes of at least 4 members (excludes halogenated alkanes) is 2. The van der Waals surface area contributed by atoms with Gasteiger partial charge in [-0.25, -0.2) is 16.8 Å². The van der Waals surface area contributed by atoms with Crippen LogP contribution in [-0.2, 0) is 24.8 Å². The lowest BCUT2D eigenvalue weighted by Crippen LogP contribution is -3.12. The molecule has 0 spiro atoms. The summed E-state index contributed by atoms with van der Waals surface area (Å²) in [5.41, 5.74) is 2.08. The minimum Gasteiger partial charge on any atom is -0.335 e. The van der Waals surface area contributed by atoms with Gasteiger partial charge >= 0.3 is 0 Å². The lowest BCUT2D eigenvalue weighted by Gasteiger charge is -2.20. The van der Waals surface area contributed by atoms with E-state index in [0.29, 0.717) is 6.54 Å². The third-order valence-electron chi connectivity index (χ3n) is 4.53. The topological polar surface area (TPSA) is 105 Å². The minimum atomic E-state index is -4.31. The van der Waals surface area contributed by atoms with E-state index in [1.807, 2.05) is 0 Å². The van der Waals surface area contributed by atoms with E-state index < -0.39 is 26.0 Å². The first-order valence-electron chi connectivity index (χ1n) is 9.27. The zero-order chi connectivity index (χ0) is 20.1. The van der Waals surface area contributed by atoms with Crippen molar-refractivity contribution in [1.82, 2.24) is 9.25 Å². The van der Waals surface area contributed by atoms with E-state index in [2.05, 4.69) is 19.3 Å². The van der Waals surface area contributed by atoms with Crippen molar-refractivity contribution in [2.24, 2.45) is 0 Å². The first-order chi connectivity index (χ1) is 12.7. The number of hydrazine groups is 1. The van der Waals surface area contributed by atoms with Gasteiger partial charge in [-0.3, -0.25) is 10.2 Å². The van der Waals surface area contributed by atoms with E-state index in [-0.39, 0.29) is 20.0 Å². The summed E-state index contributed by atoms with van der Waals surface area (Å²) >= 11 is 0. The van der Waals surface area contributed by atoms with E-state index >= 15 is 0 Å². The van der Waals surface area contributed by atoms with Crippen LogP contribution in [0.1, 0.15) is 46.0 Å². The zero-order valence-electron chi connectivity index (χ0n) is 15.8. The molecule has 8 nitrogen and oxygen atoms in total. The molecular weight excluding hydrogens is 390 g/mol. The molecule has 1 aliphatic heterocycles. The van der Waals surface area contributed by atoms with Gasteiger partial charge in [-0.05, 0) is 25.0 Å². The molecule has 1 aromatic carbocycles. The van der Waals surface area contributed by atoms with Crippen molar-refractivity contribution in [3.05, 3.63) is 24.3 Å². The number of hydrogen-bond donors (Lipinski definition) is 2. The lowest BCUT2D eigenvalue weighted by atomic mass is 10.2. The summed E-state index contributed by atoms with van der Waals surface area (Å²) in [4.78, 5) is 12.9. The van der Waals surface area contributed by atoms with Gasteiger partial charge in [-0.2, -0.15) is 0 Å². The van der Waals surface area contributed by atoms with Gasteiger partial charge in [-0.15, -0.1) is 0 Å². The Kier molecular flexibility index (Phi) is 7.38. The van der Waals surface area contributed by atoms with Crippen molar-refractivity contribution < 1.29 is 26.5 Å². The van der Waals surface area contributed by atoms with E-state index in [4.69, 9.17) is 0 Å². The third-order valence-corrected chi connectivity index (χ3v) is 8.72. The molecule has 0 bridgehead atoms. The average Bonchev–Trinajstić information content (AvgIpc) is 2.79. The number of fused-ring (bicyclic) bond motifs is 1. The highest BCUT2D eigenvalue weighted by Crippen LogP contribution is 2.34. The van der Waals surface area contributed by atoms with Gasteiger partial charge < -0.3 is 4.90 Å². The van der Waals surface area contributed by atoms with Gasteiger partial charge in [0.05, 0.1) is 26.1 Å². The largest absolute Gasteiger partial charge is 0.335 e. The molecule has 1 aliphatic rings. The summed E-state index contributed by atoms with van der Waals surface area (Å²) < 4.78 is 50.0. The molecule has 1 amide bonds. The highest BCUT2D eigenvalue weighted by Gasteiger charge is 2.48. The summed E-state index contributed by atoms with van der Waals surface area (Å²) in [7, 11) is -8.62. The number of hydrogen-bond acceptors (Lipinski definition) is 5. The third kappa shape index (κ3) is 4.87. The lowest BCUT2D eigenvalue weighted by molar-refractivity contribution is -0.900. The molecule has 0 radical (unpaired) electrons. The predicted octanol–water partition coefficient (Wildman–Crippen LogP) is 0.286. The molecule has 0 fully saturated rings. The summed E-state index contributed by atoms with van der Waals surface area (Å²) in [6, 6.07) is 5.32. The Labute approximate surface area is 161 Å². The number of quaternary nitrogens is 1. The van der Waals surface area contributed by atoms with Crippen molar-refractivity contribution in [2.75, 3.05) is 19.6 Å². The Hall–Kier alpha value is -1.49. The van der Waals surface area contributed by atoms with E-state index in [9.17, 15) is 21.6 Å². The molecule has 0 aliphatic carbocycles. The number of carbonyl (C=O) groups excluding carboxylic acids is 1. The van der Waals surface area contributed by atoms with Crippen molar-refractivity contribution in [1.29, 1.82) is 0 Å². The molecule has 0 unspecified atom stereocenters. The molecular formula is C17H28N3O5S2+. The van der Waals surface area contributed by atoms with Crippen LogP contribution >= 0.6 is 0 Å². The summed E-state index contributed by atoms with van der Waals surface area (Å²) in [5, 5.41) is 0. The Morgan fingerprint density at radius 1 is 0.926 bits per heavy atom. The van der Waals surface area contributed by atoms with Gasteiger partial charge in [0.1, 0.15) is 9.79 Å². The average molecular weight is 419 g/mol. The molecule has 152 valence electrons. The fourth-order valence-electron chi connectivity index (χ4n) is 2.98. The monoisotopic (exact) mass is 418 g/mol. The SMILES string of the molecule is CCCC[NH+](CCCC)CCC(=O)NN1S(=O)(=O)c2ccccc2S1(=O)=O. The van der Waals surface area contributed by atoms with Crippen molar-refractivity contribution in [2.45, 2.75) is 55.7 Å². The second-order valence-electron chi connectivity index (χ2n) is 6.65. The molecule has 1 aromatic rings. The van der Waals surface area contributed by atoms with Gasteiger partial charge in [0.15, 0.2) is 0 Å². The van der Waals surface area contributed by atoms with Crippen LogP contribution in [0.2, 0.25) is 0 Å². The maximum absolute atomic E-state index is 12.5. The van der Waals surface area contributed by atoms with Crippen LogP contribution in [0.3, 0.4) is 0 Å². The number of benzene rings is 1. The normalized spacial score (nSPS) is 17.7. The number of carbonyl (C=O) groups is 1. The Bertz CT molecular complexity index is 807. The smallest absolute Gasteiger partial charge is 0.275 e. The van der Waals surface area contributed by atoms with Crippen molar-refractivity contribution in [3.63, 3.8) is 0 Å². The first-order valence-corrected chi connectivity index (χ1v) is 12.2. The molecule has 0 saturated carbocycles. The summed E-state index contributed by atoms with van der Waals surface area (Å²) in [5.74, 6) is -0.625. The van der Waals surface area contributed by atoms with Gasteiger partial charge in [0, 0.05) is 3.82 Å². The van der Waals surface area contributed by atoms with Crippen LogP contribution < -0.4 is 10.3 Å². The Balaban J connectivity index is 2.05. The molecule has 0 aromatic heterocycles. The molecule has 10 heteroatoms. The van der Waals surface area contributed by atoms with Crippen LogP contribution in [0, 0.1) is 0 Å². The van der Waals surface area contributed by atoms with Crippen LogP contribution in [0.4, 0.5) is 0 Å². The van der Waals surface area contributed by atoms with Gasteiger partial charge in [0.25, 0.3) is 20.0 Å². The second-order valence-corrected chi connectivity index (χ2v) is 10.4. The van der Waals surface area contributed by atoms with Crippen LogP contribution in [-0.4, -0.2) is 46.2 Å². The zero-order valence-corrected chi connectivity index (χ0v) is 17.4. The summed E-state index contributed by atoms with van der Waals surface area (Å²) in [6.07, 6.45) is 4.27.